The summed E-state index contributed by atoms with van der Waals surface area (Å²) in [6.45, 7) is 5.24. The molecule has 2 saturated heterocycles. The molecule has 30 heavy (non-hydrogen) atoms. The van der Waals surface area contributed by atoms with Crippen molar-refractivity contribution in [2.24, 2.45) is 5.92 Å². The van der Waals surface area contributed by atoms with Crippen molar-refractivity contribution in [2.75, 3.05) is 24.6 Å². The standard InChI is InChI=1S/C21H27F2N3O4/c1-3-4-12(2)11-30-21(29)24-13-9-26(10-13)14-7-16(22)19(17(23)8-14)15-5-6-18(27)25-20(15)28/h7-8,12-13,15H,3-6,9-11H2,1-2H3,(H,24,29)(H,25,27,28). The summed E-state index contributed by atoms with van der Waals surface area (Å²) in [4.78, 5) is 36.8. The molecule has 9 heteroatoms. The number of amides is 3. The fraction of sp³-hybridized carbons (Fsp3) is 0.571. The first-order chi connectivity index (χ1) is 14.3. The number of nitrogens with one attached hydrogen (secondary N) is 2. The molecule has 0 saturated carbocycles. The van der Waals surface area contributed by atoms with Crippen LogP contribution in [0.5, 0.6) is 0 Å². The molecular weight excluding hydrogens is 396 g/mol. The summed E-state index contributed by atoms with van der Waals surface area (Å²) in [5.74, 6) is -3.48. The van der Waals surface area contributed by atoms with Crippen molar-refractivity contribution >= 4 is 23.6 Å². The van der Waals surface area contributed by atoms with E-state index in [-0.39, 0.29) is 24.4 Å². The van der Waals surface area contributed by atoms with E-state index in [9.17, 15) is 23.2 Å². The third kappa shape index (κ3) is 5.06. The topological polar surface area (TPSA) is 87.7 Å². The lowest BCUT2D eigenvalue weighted by atomic mass is 9.89. The molecule has 0 spiro atoms. The third-order valence-electron chi connectivity index (χ3n) is 5.50. The van der Waals surface area contributed by atoms with E-state index in [0.29, 0.717) is 31.3 Å². The van der Waals surface area contributed by atoms with Gasteiger partial charge in [0.25, 0.3) is 0 Å². The zero-order chi connectivity index (χ0) is 21.8. The first-order valence-corrected chi connectivity index (χ1v) is 10.3. The van der Waals surface area contributed by atoms with Gasteiger partial charge in [-0.2, -0.15) is 0 Å². The number of benzene rings is 1. The van der Waals surface area contributed by atoms with Crippen LogP contribution in [0.3, 0.4) is 0 Å². The van der Waals surface area contributed by atoms with Crippen LogP contribution in [-0.4, -0.2) is 43.6 Å². The molecule has 2 N–H and O–H groups in total. The average molecular weight is 423 g/mol. The number of alkyl carbamates (subject to hydrolysis) is 1. The van der Waals surface area contributed by atoms with E-state index in [1.165, 1.54) is 12.1 Å². The number of piperidine rings is 1. The van der Waals surface area contributed by atoms with Gasteiger partial charge in [-0.25, -0.2) is 13.6 Å². The summed E-state index contributed by atoms with van der Waals surface area (Å²) in [6.07, 6.45) is 1.64. The number of halogens is 2. The zero-order valence-electron chi connectivity index (χ0n) is 17.2. The Kier molecular flexibility index (Phi) is 6.89. The maximum Gasteiger partial charge on any atom is 0.407 e. The van der Waals surface area contributed by atoms with Gasteiger partial charge in [-0.15, -0.1) is 0 Å². The Labute approximate surface area is 174 Å². The van der Waals surface area contributed by atoms with Crippen LogP contribution in [0.15, 0.2) is 12.1 Å². The smallest absolute Gasteiger partial charge is 0.407 e. The molecule has 7 nitrogen and oxygen atoms in total. The van der Waals surface area contributed by atoms with Gasteiger partial charge >= 0.3 is 6.09 Å². The molecule has 2 aliphatic heterocycles. The van der Waals surface area contributed by atoms with E-state index in [0.717, 1.165) is 12.8 Å². The molecule has 2 heterocycles. The van der Waals surface area contributed by atoms with Crippen LogP contribution in [0, 0.1) is 17.6 Å². The van der Waals surface area contributed by atoms with Crippen LogP contribution in [0.4, 0.5) is 19.3 Å². The highest BCUT2D eigenvalue weighted by Gasteiger charge is 2.34. The Morgan fingerprint density at radius 1 is 1.30 bits per heavy atom. The number of imide groups is 1. The van der Waals surface area contributed by atoms with Crippen LogP contribution >= 0.6 is 0 Å². The minimum atomic E-state index is -1.02. The second-order valence-corrected chi connectivity index (χ2v) is 8.07. The number of ether oxygens (including phenoxy) is 1. The lowest BCUT2D eigenvalue weighted by Crippen LogP contribution is -2.59. The lowest BCUT2D eigenvalue weighted by molar-refractivity contribution is -0.134. The van der Waals surface area contributed by atoms with Crippen molar-refractivity contribution < 1.29 is 27.9 Å². The molecule has 2 aliphatic rings. The second-order valence-electron chi connectivity index (χ2n) is 8.07. The monoisotopic (exact) mass is 423 g/mol. The molecule has 0 aliphatic carbocycles. The van der Waals surface area contributed by atoms with Gasteiger partial charge in [-0.3, -0.25) is 14.9 Å². The molecule has 1 aromatic carbocycles. The number of hydrogen-bond donors (Lipinski definition) is 2. The van der Waals surface area contributed by atoms with Crippen LogP contribution in [0.25, 0.3) is 0 Å². The highest BCUT2D eigenvalue weighted by molar-refractivity contribution is 6.01. The van der Waals surface area contributed by atoms with Crippen molar-refractivity contribution in [1.29, 1.82) is 0 Å². The van der Waals surface area contributed by atoms with Gasteiger partial charge in [-0.05, 0) is 30.9 Å². The zero-order valence-corrected chi connectivity index (χ0v) is 17.2. The Bertz CT molecular complexity index is 803. The van der Waals surface area contributed by atoms with Gasteiger partial charge in [0.2, 0.25) is 11.8 Å². The van der Waals surface area contributed by atoms with Crippen molar-refractivity contribution in [3.8, 4) is 0 Å². The number of rotatable bonds is 7. The largest absolute Gasteiger partial charge is 0.449 e. The van der Waals surface area contributed by atoms with Gasteiger partial charge < -0.3 is 15.0 Å². The van der Waals surface area contributed by atoms with Crippen LogP contribution in [-0.2, 0) is 14.3 Å². The molecule has 0 bridgehead atoms. The van der Waals surface area contributed by atoms with Crippen molar-refractivity contribution in [1.82, 2.24) is 10.6 Å². The molecule has 0 radical (unpaired) electrons. The van der Waals surface area contributed by atoms with E-state index in [4.69, 9.17) is 4.74 Å². The number of hydrogen-bond acceptors (Lipinski definition) is 5. The van der Waals surface area contributed by atoms with E-state index in [1.54, 1.807) is 4.90 Å². The van der Waals surface area contributed by atoms with Crippen molar-refractivity contribution in [2.45, 2.75) is 51.5 Å². The second kappa shape index (κ2) is 9.40. The fourth-order valence-corrected chi connectivity index (χ4v) is 3.84. The SMILES string of the molecule is CCCC(C)COC(=O)NC1CN(c2cc(F)c(C3CCC(=O)NC3=O)c(F)c2)C1. The Morgan fingerprint density at radius 2 is 1.97 bits per heavy atom. The van der Waals surface area contributed by atoms with E-state index in [1.807, 2.05) is 6.92 Å². The lowest BCUT2D eigenvalue weighted by Gasteiger charge is -2.41. The van der Waals surface area contributed by atoms with Crippen molar-refractivity contribution in [3.63, 3.8) is 0 Å². The summed E-state index contributed by atoms with van der Waals surface area (Å²) >= 11 is 0. The molecule has 2 unspecified atom stereocenters. The fourth-order valence-electron chi connectivity index (χ4n) is 3.84. The summed E-state index contributed by atoms with van der Waals surface area (Å²) in [5.41, 5.74) is 0.0211. The molecule has 3 amide bonds. The molecule has 0 aromatic heterocycles. The highest BCUT2D eigenvalue weighted by atomic mass is 19.1. The maximum absolute atomic E-state index is 14.6. The highest BCUT2D eigenvalue weighted by Crippen LogP contribution is 2.33. The Balaban J connectivity index is 1.54. The van der Waals surface area contributed by atoms with E-state index in [2.05, 4.69) is 17.6 Å². The van der Waals surface area contributed by atoms with E-state index < -0.39 is 35.5 Å². The average Bonchev–Trinajstić information content (AvgIpc) is 2.64. The third-order valence-corrected chi connectivity index (χ3v) is 5.50. The van der Waals surface area contributed by atoms with Gasteiger partial charge in [0, 0.05) is 30.8 Å². The predicted octanol–water partition coefficient (Wildman–Crippen LogP) is 2.84. The van der Waals surface area contributed by atoms with Crippen LogP contribution < -0.4 is 15.5 Å². The summed E-state index contributed by atoms with van der Waals surface area (Å²) in [6, 6.07) is 2.20. The number of nitrogens with zero attached hydrogens (tertiary/aromatic N) is 1. The van der Waals surface area contributed by atoms with Crippen molar-refractivity contribution in [3.05, 3.63) is 29.3 Å². The minimum Gasteiger partial charge on any atom is -0.449 e. The number of carbonyl (C=O) groups excluding carboxylic acids is 3. The maximum atomic E-state index is 14.6. The minimum absolute atomic E-state index is 0.0455. The van der Waals surface area contributed by atoms with Gasteiger partial charge in [0.05, 0.1) is 18.6 Å². The predicted molar refractivity (Wildman–Crippen MR) is 106 cm³/mol. The molecule has 3 rings (SSSR count). The molecule has 2 fully saturated rings. The first-order valence-electron chi connectivity index (χ1n) is 10.3. The molecule has 164 valence electrons. The normalized spacial score (nSPS) is 20.4. The van der Waals surface area contributed by atoms with Gasteiger partial charge in [0.1, 0.15) is 11.6 Å². The summed E-state index contributed by atoms with van der Waals surface area (Å²) in [5, 5.41) is 4.86. The summed E-state index contributed by atoms with van der Waals surface area (Å²) in [7, 11) is 0. The van der Waals surface area contributed by atoms with Gasteiger partial charge in [-0.1, -0.05) is 20.3 Å². The van der Waals surface area contributed by atoms with Crippen LogP contribution in [0.2, 0.25) is 0 Å². The number of carbonyl (C=O) groups is 3. The first kappa shape index (κ1) is 22.0. The quantitative estimate of drug-likeness (QED) is 0.659. The Morgan fingerprint density at radius 3 is 2.57 bits per heavy atom. The Hall–Kier alpha value is -2.71. The number of anilines is 1. The van der Waals surface area contributed by atoms with E-state index >= 15 is 0 Å². The molecular formula is C21H27F2N3O4. The molecule has 2 atom stereocenters. The van der Waals surface area contributed by atoms with Gasteiger partial charge in [0.15, 0.2) is 0 Å². The van der Waals surface area contributed by atoms with Crippen LogP contribution in [0.1, 0.15) is 51.0 Å². The summed E-state index contributed by atoms with van der Waals surface area (Å²) < 4.78 is 34.4. The molecule has 1 aromatic rings.